The maximum Gasteiger partial charge on any atom is 0.255 e. The Balaban J connectivity index is 2.80. The number of methoxy groups -OCH3 is 2. The summed E-state index contributed by atoms with van der Waals surface area (Å²) in [6.45, 7) is 4.76. The molecule has 1 atom stereocenters. The fourth-order valence-corrected chi connectivity index (χ4v) is 1.67. The molecule has 0 heterocycles. The number of carbonyl (C=O) groups is 1. The van der Waals surface area contributed by atoms with Crippen LogP contribution in [0.2, 0.25) is 0 Å². The quantitative estimate of drug-likeness (QED) is 0.816. The fourth-order valence-electron chi connectivity index (χ4n) is 1.51. The summed E-state index contributed by atoms with van der Waals surface area (Å²) < 4.78 is 10.3. The summed E-state index contributed by atoms with van der Waals surface area (Å²) in [4.78, 5) is 12.4. The Morgan fingerprint density at radius 2 is 2.00 bits per heavy atom. The second kappa shape index (κ2) is 7.38. The first-order valence-corrected chi connectivity index (χ1v) is 7.05. The van der Waals surface area contributed by atoms with E-state index in [2.05, 4.69) is 35.1 Å². The lowest BCUT2D eigenvalue weighted by atomic mass is 10.1. The molecule has 0 aromatic heterocycles. The van der Waals surface area contributed by atoms with E-state index < -0.39 is 0 Å². The largest absolute Gasteiger partial charge is 0.497 e. The predicted molar refractivity (Wildman–Crippen MR) is 79.4 cm³/mol. The maximum atomic E-state index is 12.2. The van der Waals surface area contributed by atoms with Crippen molar-refractivity contribution in [3.8, 4) is 11.5 Å². The van der Waals surface area contributed by atoms with Gasteiger partial charge in [-0.15, -0.1) is 0 Å². The van der Waals surface area contributed by atoms with Gasteiger partial charge in [0.05, 0.1) is 19.8 Å². The number of benzene rings is 1. The van der Waals surface area contributed by atoms with Crippen LogP contribution in [-0.2, 0) is 0 Å². The van der Waals surface area contributed by atoms with Gasteiger partial charge >= 0.3 is 0 Å². The van der Waals surface area contributed by atoms with Gasteiger partial charge in [-0.1, -0.05) is 29.8 Å². The first kappa shape index (κ1) is 15.8. The van der Waals surface area contributed by atoms with Crippen molar-refractivity contribution in [1.82, 2.24) is 5.32 Å². The molecule has 0 aliphatic heterocycles. The predicted octanol–water partition coefficient (Wildman–Crippen LogP) is 2.85. The average molecular weight is 330 g/mol. The van der Waals surface area contributed by atoms with Crippen molar-refractivity contribution >= 4 is 21.8 Å². The monoisotopic (exact) mass is 329 g/mol. The zero-order valence-electron chi connectivity index (χ0n) is 11.7. The molecule has 0 radical (unpaired) electrons. The van der Waals surface area contributed by atoms with Gasteiger partial charge in [0.1, 0.15) is 11.5 Å². The number of amides is 1. The van der Waals surface area contributed by atoms with Crippen LogP contribution in [0.1, 0.15) is 24.2 Å². The van der Waals surface area contributed by atoms with E-state index in [1.807, 2.05) is 0 Å². The van der Waals surface area contributed by atoms with Crippen LogP contribution in [0.4, 0.5) is 0 Å². The third-order valence-corrected chi connectivity index (χ3v) is 4.21. The summed E-state index contributed by atoms with van der Waals surface area (Å²) in [6.07, 6.45) is 0. The number of carbonyl (C=O) groups excluding carboxylic acids is 1. The summed E-state index contributed by atoms with van der Waals surface area (Å²) in [7, 11) is 3.11. The van der Waals surface area contributed by atoms with Crippen molar-refractivity contribution in [2.24, 2.45) is 5.92 Å². The summed E-state index contributed by atoms with van der Waals surface area (Å²) in [5, 5.41) is 2.88. The number of ether oxygens (including phenoxy) is 2. The number of alkyl halides is 1. The first-order valence-electron chi connectivity index (χ1n) is 6.13. The highest BCUT2D eigenvalue weighted by Gasteiger charge is 2.16. The normalized spacial score (nSPS) is 12.1. The zero-order valence-corrected chi connectivity index (χ0v) is 13.3. The van der Waals surface area contributed by atoms with E-state index in [0.717, 1.165) is 0 Å². The van der Waals surface area contributed by atoms with Crippen molar-refractivity contribution < 1.29 is 14.3 Å². The molecule has 5 heteroatoms. The molecular weight excluding hydrogens is 310 g/mol. The molecule has 1 amide bonds. The van der Waals surface area contributed by atoms with E-state index in [-0.39, 0.29) is 10.7 Å². The minimum absolute atomic E-state index is 0.166. The van der Waals surface area contributed by atoms with E-state index in [4.69, 9.17) is 9.47 Å². The summed E-state index contributed by atoms with van der Waals surface area (Å²) >= 11 is 3.54. The minimum atomic E-state index is -0.166. The van der Waals surface area contributed by atoms with Crippen LogP contribution in [0.15, 0.2) is 18.2 Å². The smallest absolute Gasteiger partial charge is 0.255 e. The van der Waals surface area contributed by atoms with Gasteiger partial charge in [-0.3, -0.25) is 4.79 Å². The highest BCUT2D eigenvalue weighted by molar-refractivity contribution is 9.09. The molecule has 4 nitrogen and oxygen atoms in total. The second-order valence-corrected chi connectivity index (χ2v) is 5.71. The van der Waals surface area contributed by atoms with Crippen molar-refractivity contribution in [3.05, 3.63) is 23.8 Å². The van der Waals surface area contributed by atoms with Crippen LogP contribution in [0.25, 0.3) is 0 Å². The highest BCUT2D eigenvalue weighted by Crippen LogP contribution is 2.24. The molecule has 1 aromatic carbocycles. The van der Waals surface area contributed by atoms with E-state index in [1.54, 1.807) is 32.4 Å². The van der Waals surface area contributed by atoms with Crippen molar-refractivity contribution in [3.63, 3.8) is 0 Å². The van der Waals surface area contributed by atoms with Gasteiger partial charge in [0.2, 0.25) is 0 Å². The molecule has 1 unspecified atom stereocenters. The second-order valence-electron chi connectivity index (χ2n) is 4.54. The number of rotatable bonds is 6. The van der Waals surface area contributed by atoms with Gasteiger partial charge in [-0.2, -0.15) is 0 Å². The lowest BCUT2D eigenvalue weighted by molar-refractivity contribution is 0.0949. The van der Waals surface area contributed by atoms with Crippen LogP contribution in [0.5, 0.6) is 11.5 Å². The molecule has 1 rings (SSSR count). The Kier molecular flexibility index (Phi) is 6.15. The van der Waals surface area contributed by atoms with E-state index in [9.17, 15) is 4.79 Å². The highest BCUT2D eigenvalue weighted by atomic mass is 79.9. The molecule has 0 aliphatic carbocycles. The van der Waals surface area contributed by atoms with Gasteiger partial charge in [0.15, 0.2) is 0 Å². The van der Waals surface area contributed by atoms with E-state index in [0.29, 0.717) is 29.5 Å². The van der Waals surface area contributed by atoms with Crippen LogP contribution in [-0.4, -0.2) is 31.5 Å². The Bertz CT molecular complexity index is 435. The van der Waals surface area contributed by atoms with E-state index in [1.165, 1.54) is 0 Å². The van der Waals surface area contributed by atoms with E-state index >= 15 is 0 Å². The van der Waals surface area contributed by atoms with Crippen molar-refractivity contribution in [2.45, 2.75) is 18.7 Å². The number of hydrogen-bond acceptors (Lipinski definition) is 3. The number of hydrogen-bond donors (Lipinski definition) is 1. The number of nitrogens with one attached hydrogen (secondary N) is 1. The molecule has 106 valence electrons. The first-order chi connectivity index (χ1) is 8.99. The van der Waals surface area contributed by atoms with Crippen molar-refractivity contribution in [1.29, 1.82) is 0 Å². The maximum absolute atomic E-state index is 12.2. The van der Waals surface area contributed by atoms with Crippen LogP contribution in [0.3, 0.4) is 0 Å². The molecule has 1 aromatic rings. The molecule has 0 spiro atoms. The standard InChI is InChI=1S/C14H20BrNO3/c1-9(2)12(15)8-16-14(17)11-7-10(18-3)5-6-13(11)19-4/h5-7,9,12H,8H2,1-4H3,(H,16,17). The minimum Gasteiger partial charge on any atom is -0.497 e. The Labute approximate surface area is 122 Å². The fraction of sp³-hybridized carbons (Fsp3) is 0.500. The van der Waals surface area contributed by atoms with Gasteiger partial charge < -0.3 is 14.8 Å². The summed E-state index contributed by atoms with van der Waals surface area (Å²) in [6, 6.07) is 5.16. The lowest BCUT2D eigenvalue weighted by Crippen LogP contribution is -2.31. The lowest BCUT2D eigenvalue weighted by Gasteiger charge is -2.15. The molecule has 0 saturated carbocycles. The molecule has 19 heavy (non-hydrogen) atoms. The Hall–Kier alpha value is -1.23. The molecule has 0 saturated heterocycles. The molecular formula is C14H20BrNO3. The third-order valence-electron chi connectivity index (χ3n) is 2.83. The Morgan fingerprint density at radius 3 is 2.53 bits per heavy atom. The SMILES string of the molecule is COc1ccc(OC)c(C(=O)NCC(Br)C(C)C)c1. The average Bonchev–Trinajstić information content (AvgIpc) is 2.43. The van der Waals surface area contributed by atoms with Gasteiger partial charge in [0, 0.05) is 11.4 Å². The molecule has 0 fully saturated rings. The van der Waals surface area contributed by atoms with Crippen LogP contribution in [0, 0.1) is 5.92 Å². The van der Waals surface area contributed by atoms with Crippen molar-refractivity contribution in [2.75, 3.05) is 20.8 Å². The van der Waals surface area contributed by atoms with Gasteiger partial charge in [-0.05, 0) is 24.1 Å². The van der Waals surface area contributed by atoms with Gasteiger partial charge in [0.25, 0.3) is 5.91 Å². The Morgan fingerprint density at radius 1 is 1.32 bits per heavy atom. The number of halogens is 1. The molecule has 0 bridgehead atoms. The summed E-state index contributed by atoms with van der Waals surface area (Å²) in [5.74, 6) is 1.45. The molecule has 1 N–H and O–H groups in total. The zero-order chi connectivity index (χ0) is 14.4. The third kappa shape index (κ3) is 4.42. The van der Waals surface area contributed by atoms with Crippen LogP contribution < -0.4 is 14.8 Å². The molecule has 0 aliphatic rings. The van der Waals surface area contributed by atoms with Crippen LogP contribution >= 0.6 is 15.9 Å². The van der Waals surface area contributed by atoms with Gasteiger partial charge in [-0.25, -0.2) is 0 Å². The summed E-state index contributed by atoms with van der Waals surface area (Å²) in [5.41, 5.74) is 0.477. The topological polar surface area (TPSA) is 47.6 Å².